The highest BCUT2D eigenvalue weighted by atomic mass is 32.2. The average Bonchev–Trinajstić information content (AvgIpc) is 2.67. The first kappa shape index (κ1) is 16.8. The first-order valence-electron chi connectivity index (χ1n) is 7.86. The van der Waals surface area contributed by atoms with E-state index in [1.54, 1.807) is 42.8 Å². The molecule has 4 rings (SSSR count). The van der Waals surface area contributed by atoms with Crippen molar-refractivity contribution in [1.29, 1.82) is 5.41 Å². The van der Waals surface area contributed by atoms with Crippen molar-refractivity contribution >= 4 is 38.0 Å². The number of benzene rings is 2. The van der Waals surface area contributed by atoms with E-state index in [1.807, 2.05) is 30.3 Å². The highest BCUT2D eigenvalue weighted by Gasteiger charge is 2.26. The van der Waals surface area contributed by atoms with Crippen molar-refractivity contribution in [2.75, 3.05) is 6.26 Å². The number of nitrogens with zero attached hydrogens (tertiary/aromatic N) is 2. The molecular weight excluding hydrogens is 366 g/mol. The lowest BCUT2D eigenvalue weighted by Crippen LogP contribution is -2.24. The Kier molecular flexibility index (Phi) is 4.05. The molecule has 0 spiro atoms. The molecule has 0 fully saturated rings. The van der Waals surface area contributed by atoms with Gasteiger partial charge in [0, 0.05) is 6.20 Å². The molecule has 7 heteroatoms. The molecule has 0 aliphatic heterocycles. The zero-order valence-electron chi connectivity index (χ0n) is 13.9. The summed E-state index contributed by atoms with van der Waals surface area (Å²) in [5.41, 5.74) is 0.451. The quantitative estimate of drug-likeness (QED) is 0.435. The van der Waals surface area contributed by atoms with E-state index in [1.165, 1.54) is 16.2 Å². The lowest BCUT2D eigenvalue weighted by Gasteiger charge is -2.12. The van der Waals surface area contributed by atoms with Crippen LogP contribution in [-0.4, -0.2) is 24.1 Å². The Morgan fingerprint density at radius 2 is 1.73 bits per heavy atom. The second-order valence-electron chi connectivity index (χ2n) is 5.74. The molecule has 0 aliphatic carbocycles. The summed E-state index contributed by atoms with van der Waals surface area (Å²) < 4.78 is 28.1. The van der Waals surface area contributed by atoms with E-state index in [2.05, 4.69) is 4.98 Å². The Morgan fingerprint density at radius 3 is 2.50 bits per heavy atom. The molecule has 0 aliphatic rings. The van der Waals surface area contributed by atoms with Crippen LogP contribution in [0, 0.1) is 5.41 Å². The molecule has 2 aromatic carbocycles. The first-order valence-corrected chi connectivity index (χ1v) is 10.6. The highest BCUT2D eigenvalue weighted by Crippen LogP contribution is 2.28. The maximum atomic E-state index is 13.3. The molecule has 1 N–H and O–H groups in total. The van der Waals surface area contributed by atoms with E-state index >= 15 is 0 Å². The van der Waals surface area contributed by atoms with Gasteiger partial charge in [0.15, 0.2) is 5.49 Å². The van der Waals surface area contributed by atoms with Crippen LogP contribution in [0.2, 0.25) is 0 Å². The second kappa shape index (κ2) is 6.26. The third-order valence-electron chi connectivity index (χ3n) is 4.20. The molecule has 4 aromatic rings. The van der Waals surface area contributed by atoms with Crippen molar-refractivity contribution in [1.82, 2.24) is 9.38 Å². The van der Waals surface area contributed by atoms with E-state index in [9.17, 15) is 8.42 Å². The van der Waals surface area contributed by atoms with Gasteiger partial charge in [-0.3, -0.25) is 9.81 Å². The summed E-state index contributed by atoms with van der Waals surface area (Å²) >= 11 is 1.23. The van der Waals surface area contributed by atoms with Crippen molar-refractivity contribution in [2.24, 2.45) is 0 Å². The first-order chi connectivity index (χ1) is 12.5. The van der Waals surface area contributed by atoms with Gasteiger partial charge in [0.25, 0.3) is 0 Å². The summed E-state index contributed by atoms with van der Waals surface area (Å²) in [6.45, 7) is 0. The van der Waals surface area contributed by atoms with Crippen LogP contribution in [-0.2, 0) is 9.84 Å². The Morgan fingerprint density at radius 1 is 1.00 bits per heavy atom. The fourth-order valence-corrected chi connectivity index (χ4v) is 5.35. The number of thioether (sulfide) groups is 1. The fourth-order valence-electron chi connectivity index (χ4n) is 2.91. The topological polar surface area (TPSA) is 75.3 Å². The Bertz CT molecular complexity index is 1310. The number of hydrogen-bond acceptors (Lipinski definition) is 5. The van der Waals surface area contributed by atoms with Crippen LogP contribution in [0.25, 0.3) is 16.4 Å². The fraction of sp³-hybridized carbons (Fsp3) is 0.0526. The lowest BCUT2D eigenvalue weighted by atomic mass is 10.1. The van der Waals surface area contributed by atoms with Crippen molar-refractivity contribution in [3.63, 3.8) is 0 Å². The van der Waals surface area contributed by atoms with Gasteiger partial charge in [-0.05, 0) is 41.3 Å². The Labute approximate surface area is 154 Å². The third-order valence-corrected chi connectivity index (χ3v) is 6.81. The van der Waals surface area contributed by atoms with Crippen LogP contribution in [0.5, 0.6) is 0 Å². The van der Waals surface area contributed by atoms with Gasteiger partial charge in [-0.1, -0.05) is 36.4 Å². The SMILES string of the molecule is CSc1nc2ccccn2c(=N)c1S(=O)(=O)c1ccc2ccccc2c1. The van der Waals surface area contributed by atoms with Crippen molar-refractivity contribution in [2.45, 2.75) is 14.8 Å². The van der Waals surface area contributed by atoms with E-state index in [0.717, 1.165) is 10.8 Å². The van der Waals surface area contributed by atoms with Gasteiger partial charge in [0.1, 0.15) is 15.6 Å². The molecule has 2 aromatic heterocycles. The summed E-state index contributed by atoms with van der Waals surface area (Å²) in [5, 5.41) is 10.6. The van der Waals surface area contributed by atoms with Gasteiger partial charge in [-0.25, -0.2) is 13.4 Å². The molecule has 0 atom stereocenters. The van der Waals surface area contributed by atoms with Crippen LogP contribution in [0.15, 0.2) is 81.7 Å². The maximum absolute atomic E-state index is 13.3. The summed E-state index contributed by atoms with van der Waals surface area (Å²) in [6.07, 6.45) is 3.41. The molecule has 0 amide bonds. The van der Waals surface area contributed by atoms with Gasteiger partial charge < -0.3 is 0 Å². The van der Waals surface area contributed by atoms with Gasteiger partial charge in [-0.15, -0.1) is 11.8 Å². The number of hydrogen-bond donors (Lipinski definition) is 1. The minimum Gasteiger partial charge on any atom is -0.285 e. The number of aromatic nitrogens is 2. The van der Waals surface area contributed by atoms with E-state index in [0.29, 0.717) is 10.7 Å². The minimum atomic E-state index is -3.89. The molecule has 26 heavy (non-hydrogen) atoms. The number of sulfone groups is 1. The summed E-state index contributed by atoms with van der Waals surface area (Å²) in [6, 6.07) is 17.9. The molecule has 0 radical (unpaired) electrons. The monoisotopic (exact) mass is 381 g/mol. The van der Waals surface area contributed by atoms with Crippen molar-refractivity contribution in [3.05, 3.63) is 72.3 Å². The van der Waals surface area contributed by atoms with Gasteiger partial charge in [-0.2, -0.15) is 0 Å². The number of pyridine rings is 1. The zero-order valence-corrected chi connectivity index (χ0v) is 15.5. The van der Waals surface area contributed by atoms with E-state index < -0.39 is 9.84 Å². The van der Waals surface area contributed by atoms with E-state index in [4.69, 9.17) is 5.41 Å². The number of fused-ring (bicyclic) bond motifs is 2. The summed E-state index contributed by atoms with van der Waals surface area (Å²) in [4.78, 5) is 4.53. The number of rotatable bonds is 3. The molecular formula is C19H15N3O2S2. The summed E-state index contributed by atoms with van der Waals surface area (Å²) in [5.74, 6) is 0. The van der Waals surface area contributed by atoms with Crippen molar-refractivity contribution in [3.8, 4) is 0 Å². The van der Waals surface area contributed by atoms with Crippen molar-refractivity contribution < 1.29 is 8.42 Å². The number of nitrogens with one attached hydrogen (secondary N) is 1. The molecule has 0 saturated carbocycles. The Hall–Kier alpha value is -2.64. The standard InChI is InChI=1S/C19H15N3O2S2/c1-25-19-17(18(20)22-11-5-4-8-16(22)21-19)26(23,24)15-10-9-13-6-2-3-7-14(13)12-15/h2-12,20H,1H3. The van der Waals surface area contributed by atoms with Crippen LogP contribution in [0.1, 0.15) is 0 Å². The van der Waals surface area contributed by atoms with Gasteiger partial charge in [0.05, 0.1) is 4.90 Å². The van der Waals surface area contributed by atoms with Crippen LogP contribution in [0.4, 0.5) is 0 Å². The third kappa shape index (κ3) is 2.60. The van der Waals surface area contributed by atoms with Gasteiger partial charge >= 0.3 is 0 Å². The normalized spacial score (nSPS) is 11.9. The Balaban J connectivity index is 2.03. The average molecular weight is 381 g/mol. The highest BCUT2D eigenvalue weighted by molar-refractivity contribution is 7.99. The second-order valence-corrected chi connectivity index (χ2v) is 8.42. The summed E-state index contributed by atoms with van der Waals surface area (Å²) in [7, 11) is -3.89. The maximum Gasteiger partial charge on any atom is 0.212 e. The van der Waals surface area contributed by atoms with Crippen LogP contribution < -0.4 is 5.49 Å². The molecule has 0 unspecified atom stereocenters. The van der Waals surface area contributed by atoms with Crippen LogP contribution in [0.3, 0.4) is 0 Å². The lowest BCUT2D eigenvalue weighted by molar-refractivity contribution is 0.589. The zero-order chi connectivity index (χ0) is 18.3. The molecule has 2 heterocycles. The minimum absolute atomic E-state index is 0.0658. The smallest absolute Gasteiger partial charge is 0.212 e. The predicted molar refractivity (Wildman–Crippen MR) is 102 cm³/mol. The molecule has 0 saturated heterocycles. The molecule has 0 bridgehead atoms. The van der Waals surface area contributed by atoms with E-state index in [-0.39, 0.29) is 15.3 Å². The van der Waals surface area contributed by atoms with Gasteiger partial charge in [0.2, 0.25) is 9.84 Å². The predicted octanol–water partition coefficient (Wildman–Crippen LogP) is 3.52. The largest absolute Gasteiger partial charge is 0.285 e. The molecule has 5 nitrogen and oxygen atoms in total. The molecule has 130 valence electrons. The van der Waals surface area contributed by atoms with Crippen LogP contribution >= 0.6 is 11.8 Å².